The van der Waals surface area contributed by atoms with Crippen molar-refractivity contribution >= 4 is 12.0 Å². The SMILES string of the molecule is COc1ccc2c(c1)OCC(C(=O)N(Cc1cccc(F)c1)CC1CCCO1)=C2. The lowest BCUT2D eigenvalue weighted by Crippen LogP contribution is -2.39. The third-order valence-electron chi connectivity index (χ3n) is 5.21. The van der Waals surface area contributed by atoms with Crippen molar-refractivity contribution in [2.24, 2.45) is 0 Å². The number of hydrogen-bond donors (Lipinski definition) is 0. The third-order valence-corrected chi connectivity index (χ3v) is 5.21. The number of halogens is 1. The van der Waals surface area contributed by atoms with Gasteiger partial charge in [-0.2, -0.15) is 0 Å². The maximum absolute atomic E-state index is 13.6. The van der Waals surface area contributed by atoms with Gasteiger partial charge in [0.1, 0.15) is 23.9 Å². The molecule has 2 aromatic rings. The number of rotatable bonds is 6. The fourth-order valence-corrected chi connectivity index (χ4v) is 3.71. The molecule has 1 saturated heterocycles. The van der Waals surface area contributed by atoms with Crippen LogP contribution in [0.5, 0.6) is 11.5 Å². The number of ether oxygens (including phenoxy) is 3. The number of carbonyl (C=O) groups is 1. The molecule has 1 unspecified atom stereocenters. The molecule has 0 saturated carbocycles. The van der Waals surface area contributed by atoms with Crippen LogP contribution in [0.1, 0.15) is 24.0 Å². The van der Waals surface area contributed by atoms with Crippen molar-refractivity contribution in [3.8, 4) is 11.5 Å². The molecular formula is C23H24FNO4. The van der Waals surface area contributed by atoms with E-state index in [-0.39, 0.29) is 24.4 Å². The molecule has 0 aliphatic carbocycles. The Hall–Kier alpha value is -2.86. The average molecular weight is 397 g/mol. The van der Waals surface area contributed by atoms with Crippen LogP contribution >= 0.6 is 0 Å². The van der Waals surface area contributed by atoms with E-state index in [4.69, 9.17) is 14.2 Å². The van der Waals surface area contributed by atoms with Gasteiger partial charge in [0.15, 0.2) is 0 Å². The van der Waals surface area contributed by atoms with E-state index in [9.17, 15) is 9.18 Å². The van der Waals surface area contributed by atoms with E-state index < -0.39 is 0 Å². The molecule has 29 heavy (non-hydrogen) atoms. The van der Waals surface area contributed by atoms with Gasteiger partial charge in [0.2, 0.25) is 0 Å². The van der Waals surface area contributed by atoms with E-state index in [1.165, 1.54) is 12.1 Å². The zero-order chi connectivity index (χ0) is 20.2. The molecule has 0 aromatic heterocycles. The molecule has 6 heteroatoms. The molecule has 0 radical (unpaired) electrons. The molecule has 0 bridgehead atoms. The largest absolute Gasteiger partial charge is 0.497 e. The highest BCUT2D eigenvalue weighted by Crippen LogP contribution is 2.31. The second-order valence-electron chi connectivity index (χ2n) is 7.31. The summed E-state index contributed by atoms with van der Waals surface area (Å²) < 4.78 is 30.4. The summed E-state index contributed by atoms with van der Waals surface area (Å²) in [6.45, 7) is 1.70. The fourth-order valence-electron chi connectivity index (χ4n) is 3.71. The number of benzene rings is 2. The minimum atomic E-state index is -0.310. The Balaban J connectivity index is 1.57. The lowest BCUT2D eigenvalue weighted by Gasteiger charge is -2.28. The first kappa shape index (κ1) is 19.5. The van der Waals surface area contributed by atoms with Crippen molar-refractivity contribution in [1.82, 2.24) is 4.90 Å². The summed E-state index contributed by atoms with van der Waals surface area (Å²) in [6.07, 6.45) is 3.78. The smallest absolute Gasteiger partial charge is 0.253 e. The summed E-state index contributed by atoms with van der Waals surface area (Å²) in [5.74, 6) is 0.969. The maximum atomic E-state index is 13.6. The van der Waals surface area contributed by atoms with Gasteiger partial charge in [-0.3, -0.25) is 4.79 Å². The highest BCUT2D eigenvalue weighted by atomic mass is 19.1. The predicted molar refractivity (Wildman–Crippen MR) is 107 cm³/mol. The van der Waals surface area contributed by atoms with Crippen LogP contribution in [0.3, 0.4) is 0 Å². The molecular weight excluding hydrogens is 373 g/mol. The normalized spacial score (nSPS) is 17.9. The quantitative estimate of drug-likeness (QED) is 0.744. The molecule has 0 N–H and O–H groups in total. The van der Waals surface area contributed by atoms with Gasteiger partial charge in [0.25, 0.3) is 5.91 Å². The second-order valence-corrected chi connectivity index (χ2v) is 7.31. The lowest BCUT2D eigenvalue weighted by molar-refractivity contribution is -0.129. The summed E-state index contributed by atoms with van der Waals surface area (Å²) >= 11 is 0. The Morgan fingerprint density at radius 2 is 2.17 bits per heavy atom. The zero-order valence-corrected chi connectivity index (χ0v) is 16.4. The van der Waals surface area contributed by atoms with Crippen molar-refractivity contribution in [2.75, 3.05) is 26.9 Å². The molecule has 5 nitrogen and oxygen atoms in total. The van der Waals surface area contributed by atoms with Gasteiger partial charge in [0.05, 0.1) is 18.8 Å². The summed E-state index contributed by atoms with van der Waals surface area (Å²) in [6, 6.07) is 11.9. The molecule has 152 valence electrons. The Bertz CT molecular complexity index is 921. The highest BCUT2D eigenvalue weighted by Gasteiger charge is 2.27. The first-order chi connectivity index (χ1) is 14.1. The van der Waals surface area contributed by atoms with E-state index in [2.05, 4.69) is 0 Å². The van der Waals surface area contributed by atoms with Crippen LogP contribution in [0.4, 0.5) is 4.39 Å². The molecule has 2 aliphatic rings. The van der Waals surface area contributed by atoms with Crippen LogP contribution in [-0.2, 0) is 16.1 Å². The maximum Gasteiger partial charge on any atom is 0.253 e. The number of fused-ring (bicyclic) bond motifs is 1. The van der Waals surface area contributed by atoms with E-state index >= 15 is 0 Å². The fraction of sp³-hybridized carbons (Fsp3) is 0.348. The van der Waals surface area contributed by atoms with E-state index in [1.807, 2.05) is 30.3 Å². The minimum absolute atomic E-state index is 0.00849. The number of methoxy groups -OCH3 is 1. The number of carbonyl (C=O) groups excluding carboxylic acids is 1. The van der Waals surface area contributed by atoms with Crippen LogP contribution in [-0.4, -0.2) is 43.8 Å². The minimum Gasteiger partial charge on any atom is -0.497 e. The van der Waals surface area contributed by atoms with E-state index in [1.54, 1.807) is 18.1 Å². The monoisotopic (exact) mass is 397 g/mol. The van der Waals surface area contributed by atoms with Crippen LogP contribution in [0.2, 0.25) is 0 Å². The molecule has 1 atom stereocenters. The van der Waals surface area contributed by atoms with Gasteiger partial charge < -0.3 is 19.1 Å². The predicted octanol–water partition coefficient (Wildman–Crippen LogP) is 3.82. The Labute approximate surface area is 169 Å². The van der Waals surface area contributed by atoms with Crippen molar-refractivity contribution < 1.29 is 23.4 Å². The van der Waals surface area contributed by atoms with Gasteiger partial charge in [-0.1, -0.05) is 12.1 Å². The molecule has 1 fully saturated rings. The summed E-state index contributed by atoms with van der Waals surface area (Å²) in [5, 5.41) is 0. The Morgan fingerprint density at radius 3 is 2.93 bits per heavy atom. The average Bonchev–Trinajstić information content (AvgIpc) is 3.25. The molecule has 2 heterocycles. The molecule has 0 spiro atoms. The van der Waals surface area contributed by atoms with Gasteiger partial charge in [-0.05, 0) is 48.7 Å². The van der Waals surface area contributed by atoms with Crippen molar-refractivity contribution in [3.05, 3.63) is 65.0 Å². The Morgan fingerprint density at radius 1 is 1.28 bits per heavy atom. The standard InChI is InChI=1S/C23H24FNO4/c1-27-20-8-7-17-11-18(15-29-22(17)12-20)23(26)25(14-21-6-3-9-28-21)13-16-4-2-5-19(24)10-16/h2,4-5,7-8,10-12,21H,3,6,9,13-15H2,1H3. The van der Waals surface area contributed by atoms with Crippen molar-refractivity contribution in [2.45, 2.75) is 25.5 Å². The first-order valence-corrected chi connectivity index (χ1v) is 9.79. The second kappa shape index (κ2) is 8.66. The van der Waals surface area contributed by atoms with Gasteiger partial charge in [0, 0.05) is 31.3 Å². The molecule has 4 rings (SSSR count). The highest BCUT2D eigenvalue weighted by molar-refractivity contribution is 5.99. The third kappa shape index (κ3) is 4.59. The van der Waals surface area contributed by atoms with Crippen LogP contribution in [0.15, 0.2) is 48.0 Å². The zero-order valence-electron chi connectivity index (χ0n) is 16.4. The van der Waals surface area contributed by atoms with Crippen molar-refractivity contribution in [3.63, 3.8) is 0 Å². The van der Waals surface area contributed by atoms with Gasteiger partial charge >= 0.3 is 0 Å². The van der Waals surface area contributed by atoms with Crippen LogP contribution < -0.4 is 9.47 Å². The summed E-state index contributed by atoms with van der Waals surface area (Å²) in [7, 11) is 1.60. The van der Waals surface area contributed by atoms with Gasteiger partial charge in [-0.15, -0.1) is 0 Å². The van der Waals surface area contributed by atoms with E-state index in [0.29, 0.717) is 36.8 Å². The topological polar surface area (TPSA) is 48.0 Å². The molecule has 2 aliphatic heterocycles. The Kier molecular flexibility index (Phi) is 5.81. The first-order valence-electron chi connectivity index (χ1n) is 9.79. The number of hydrogen-bond acceptors (Lipinski definition) is 4. The lowest BCUT2D eigenvalue weighted by atomic mass is 10.1. The number of amides is 1. The summed E-state index contributed by atoms with van der Waals surface area (Å²) in [5.41, 5.74) is 2.15. The molecule has 1 amide bonds. The van der Waals surface area contributed by atoms with Crippen LogP contribution in [0, 0.1) is 5.82 Å². The van der Waals surface area contributed by atoms with Gasteiger partial charge in [-0.25, -0.2) is 4.39 Å². The van der Waals surface area contributed by atoms with Crippen molar-refractivity contribution in [1.29, 1.82) is 0 Å². The van der Waals surface area contributed by atoms with E-state index in [0.717, 1.165) is 24.0 Å². The molecule has 2 aromatic carbocycles. The van der Waals surface area contributed by atoms with Crippen LogP contribution in [0.25, 0.3) is 6.08 Å². The summed E-state index contributed by atoms with van der Waals surface area (Å²) in [4.78, 5) is 15.0. The number of nitrogens with zero attached hydrogens (tertiary/aromatic N) is 1.